The van der Waals surface area contributed by atoms with Gasteiger partial charge in [0, 0.05) is 25.3 Å². The van der Waals surface area contributed by atoms with Gasteiger partial charge >= 0.3 is 18.0 Å². The van der Waals surface area contributed by atoms with Crippen molar-refractivity contribution in [2.45, 2.75) is 18.0 Å². The molecule has 0 aliphatic carbocycles. The molecule has 108 valence electrons. The lowest BCUT2D eigenvalue weighted by molar-refractivity contribution is -0.348. The second-order valence-corrected chi connectivity index (χ2v) is 4.10. The molecule has 0 aliphatic heterocycles. The molecular weight excluding hydrogens is 279 g/mol. The third-order valence-corrected chi connectivity index (χ3v) is 2.56. The molecule has 0 heterocycles. The molecule has 1 rings (SSSR count). The lowest BCUT2D eigenvalue weighted by Gasteiger charge is -2.30. The van der Waals surface area contributed by atoms with Gasteiger partial charge in [-0.1, -0.05) is 12.1 Å². The summed E-state index contributed by atoms with van der Waals surface area (Å²) in [5.41, 5.74) is -6.50. The first-order valence-electron chi connectivity index (χ1n) is 5.01. The van der Waals surface area contributed by atoms with Gasteiger partial charge in [0.15, 0.2) is 0 Å². The van der Waals surface area contributed by atoms with Gasteiger partial charge in [-0.2, -0.15) is 26.3 Å². The number of hydrogen-bond acceptors (Lipinski definition) is 1. The van der Waals surface area contributed by atoms with Crippen LogP contribution in [0.25, 0.3) is 0 Å². The van der Waals surface area contributed by atoms with E-state index < -0.39 is 23.6 Å². The van der Waals surface area contributed by atoms with Gasteiger partial charge in [-0.25, -0.2) is 4.39 Å². The fourth-order valence-corrected chi connectivity index (χ4v) is 1.48. The van der Waals surface area contributed by atoms with Crippen molar-refractivity contribution in [2.75, 3.05) is 19.0 Å². The van der Waals surface area contributed by atoms with Crippen LogP contribution in [-0.4, -0.2) is 26.4 Å². The van der Waals surface area contributed by atoms with Crippen LogP contribution < -0.4 is 4.90 Å². The van der Waals surface area contributed by atoms with E-state index >= 15 is 0 Å². The number of halogens is 7. The predicted molar refractivity (Wildman–Crippen MR) is 55.7 cm³/mol. The van der Waals surface area contributed by atoms with Crippen molar-refractivity contribution in [3.05, 3.63) is 29.8 Å². The molecule has 0 saturated carbocycles. The molecule has 0 N–H and O–H groups in total. The van der Waals surface area contributed by atoms with E-state index in [0.717, 1.165) is 12.1 Å². The Balaban J connectivity index is 3.36. The Morgan fingerprint density at radius 2 is 1.11 bits per heavy atom. The Labute approximate surface area is 104 Å². The number of anilines is 1. The minimum Gasteiger partial charge on any atom is -0.378 e. The highest BCUT2D eigenvalue weighted by atomic mass is 19.4. The van der Waals surface area contributed by atoms with Crippen LogP contribution in [-0.2, 0) is 5.67 Å². The number of hydrogen-bond donors (Lipinski definition) is 0. The lowest BCUT2D eigenvalue weighted by atomic mass is 9.94. The molecule has 0 amide bonds. The monoisotopic (exact) mass is 289 g/mol. The van der Waals surface area contributed by atoms with E-state index in [1.807, 2.05) is 0 Å². The van der Waals surface area contributed by atoms with Crippen molar-refractivity contribution in [3.8, 4) is 0 Å². The smallest absolute Gasteiger partial charge is 0.378 e. The van der Waals surface area contributed by atoms with Crippen LogP contribution in [0.3, 0.4) is 0 Å². The Morgan fingerprint density at radius 1 is 0.737 bits per heavy atom. The van der Waals surface area contributed by atoms with Crippen LogP contribution in [0.1, 0.15) is 5.56 Å². The molecular formula is C11H10F7N. The van der Waals surface area contributed by atoms with Gasteiger partial charge in [-0.3, -0.25) is 0 Å². The Morgan fingerprint density at radius 3 is 1.37 bits per heavy atom. The van der Waals surface area contributed by atoms with Gasteiger partial charge in [0.25, 0.3) is 0 Å². The molecule has 0 aromatic heterocycles. The van der Waals surface area contributed by atoms with Crippen LogP contribution in [0.2, 0.25) is 0 Å². The minimum atomic E-state index is -6.08. The van der Waals surface area contributed by atoms with E-state index in [1.165, 1.54) is 4.90 Å². The molecule has 0 fully saturated rings. The summed E-state index contributed by atoms with van der Waals surface area (Å²) >= 11 is 0. The first kappa shape index (κ1) is 15.6. The number of alkyl halides is 7. The molecule has 19 heavy (non-hydrogen) atoms. The first-order chi connectivity index (χ1) is 8.41. The highest BCUT2D eigenvalue weighted by molar-refractivity contribution is 5.47. The van der Waals surface area contributed by atoms with Crippen LogP contribution in [0, 0.1) is 0 Å². The van der Waals surface area contributed by atoms with Gasteiger partial charge in [0.2, 0.25) is 0 Å². The summed E-state index contributed by atoms with van der Waals surface area (Å²) in [5, 5.41) is 0. The molecule has 0 unspecified atom stereocenters. The van der Waals surface area contributed by atoms with E-state index in [2.05, 4.69) is 0 Å². The average molecular weight is 289 g/mol. The zero-order valence-electron chi connectivity index (χ0n) is 9.90. The normalized spacial score (nSPS) is 13.5. The fourth-order valence-electron chi connectivity index (χ4n) is 1.48. The van der Waals surface area contributed by atoms with Crippen molar-refractivity contribution in [1.82, 2.24) is 0 Å². The molecule has 1 aromatic carbocycles. The molecule has 1 aromatic rings. The Kier molecular flexibility index (Phi) is 3.75. The highest BCUT2D eigenvalue weighted by Crippen LogP contribution is 2.53. The highest BCUT2D eigenvalue weighted by Gasteiger charge is 2.73. The molecule has 0 spiro atoms. The van der Waals surface area contributed by atoms with Gasteiger partial charge in [-0.05, 0) is 12.1 Å². The van der Waals surface area contributed by atoms with Crippen molar-refractivity contribution >= 4 is 5.69 Å². The zero-order chi connectivity index (χ0) is 15.1. The fraction of sp³-hybridized carbons (Fsp3) is 0.455. The maximum atomic E-state index is 13.6. The number of rotatable bonds is 2. The lowest BCUT2D eigenvalue weighted by Crippen LogP contribution is -2.50. The van der Waals surface area contributed by atoms with Gasteiger partial charge in [0.05, 0.1) is 0 Å². The van der Waals surface area contributed by atoms with E-state index in [9.17, 15) is 30.7 Å². The van der Waals surface area contributed by atoms with E-state index in [0.29, 0.717) is 17.8 Å². The number of nitrogens with zero attached hydrogens (tertiary/aromatic N) is 1. The number of benzene rings is 1. The third kappa shape index (κ3) is 2.62. The summed E-state index contributed by atoms with van der Waals surface area (Å²) in [7, 11) is 3.09. The van der Waals surface area contributed by atoms with Crippen LogP contribution in [0.4, 0.5) is 36.4 Å². The summed E-state index contributed by atoms with van der Waals surface area (Å²) in [5.74, 6) is 0. The van der Waals surface area contributed by atoms with E-state index in [4.69, 9.17) is 0 Å². The van der Waals surface area contributed by atoms with E-state index in [-0.39, 0.29) is 0 Å². The molecule has 0 bridgehead atoms. The second kappa shape index (κ2) is 4.57. The standard InChI is InChI=1S/C11H10F7N/c1-19(2)8-5-3-7(4-6-8)9(12,10(13,14)15)11(16,17)18/h3-6H,1-2H3. The topological polar surface area (TPSA) is 3.24 Å². The quantitative estimate of drug-likeness (QED) is 0.743. The van der Waals surface area contributed by atoms with Crippen molar-refractivity contribution < 1.29 is 30.7 Å². The largest absolute Gasteiger partial charge is 0.435 e. The van der Waals surface area contributed by atoms with Crippen molar-refractivity contribution in [2.24, 2.45) is 0 Å². The van der Waals surface area contributed by atoms with Crippen molar-refractivity contribution in [3.63, 3.8) is 0 Å². The van der Waals surface area contributed by atoms with Gasteiger partial charge < -0.3 is 4.90 Å². The zero-order valence-corrected chi connectivity index (χ0v) is 9.90. The average Bonchev–Trinajstić information content (AvgIpc) is 2.25. The summed E-state index contributed by atoms with van der Waals surface area (Å²) in [6.45, 7) is 0. The molecule has 8 heteroatoms. The Hall–Kier alpha value is -1.47. The summed E-state index contributed by atoms with van der Waals surface area (Å²) in [6, 6.07) is 2.94. The second-order valence-electron chi connectivity index (χ2n) is 4.10. The van der Waals surface area contributed by atoms with E-state index in [1.54, 1.807) is 14.1 Å². The Bertz CT molecular complexity index is 416. The maximum absolute atomic E-state index is 13.6. The van der Waals surface area contributed by atoms with Crippen LogP contribution in [0.5, 0.6) is 0 Å². The third-order valence-electron chi connectivity index (χ3n) is 2.56. The van der Waals surface area contributed by atoms with Gasteiger partial charge in [-0.15, -0.1) is 0 Å². The minimum absolute atomic E-state index is 0.357. The van der Waals surface area contributed by atoms with Crippen LogP contribution >= 0.6 is 0 Å². The SMILES string of the molecule is CN(C)c1ccc(C(F)(C(F)(F)F)C(F)(F)F)cc1. The molecule has 0 radical (unpaired) electrons. The molecule has 0 atom stereocenters. The molecule has 1 nitrogen and oxygen atoms in total. The molecule has 0 aliphatic rings. The van der Waals surface area contributed by atoms with Gasteiger partial charge in [0.1, 0.15) is 0 Å². The maximum Gasteiger partial charge on any atom is 0.435 e. The molecule has 0 saturated heterocycles. The summed E-state index contributed by atoms with van der Waals surface area (Å²) in [4.78, 5) is 1.46. The predicted octanol–water partition coefficient (Wildman–Crippen LogP) is 4.04. The van der Waals surface area contributed by atoms with Crippen molar-refractivity contribution in [1.29, 1.82) is 0 Å². The summed E-state index contributed by atoms with van der Waals surface area (Å²) < 4.78 is 88.2. The van der Waals surface area contributed by atoms with Crippen LogP contribution in [0.15, 0.2) is 24.3 Å². The summed E-state index contributed by atoms with van der Waals surface area (Å²) in [6.07, 6.45) is -12.2. The first-order valence-corrected chi connectivity index (χ1v) is 5.01.